The number of carbonyl (C=O) groups is 1. The zero-order chi connectivity index (χ0) is 23.8. The van der Waals surface area contributed by atoms with Crippen molar-refractivity contribution in [3.8, 4) is 11.1 Å². The molecule has 3 N–H and O–H groups in total. The minimum Gasteiger partial charge on any atom is -0.350 e. The van der Waals surface area contributed by atoms with E-state index in [9.17, 15) is 14.4 Å². The molecular weight excluding hydrogens is 450 g/mol. The number of thiophene rings is 1. The van der Waals surface area contributed by atoms with Gasteiger partial charge in [0.2, 0.25) is 5.91 Å². The number of aromatic amines is 2. The molecule has 8 nitrogen and oxygen atoms in total. The van der Waals surface area contributed by atoms with Crippen molar-refractivity contribution >= 4 is 38.5 Å². The average Bonchev–Trinajstić information content (AvgIpc) is 3.41. The molecule has 0 aliphatic rings. The van der Waals surface area contributed by atoms with Crippen LogP contribution in [0, 0.1) is 6.92 Å². The van der Waals surface area contributed by atoms with Crippen LogP contribution in [0.3, 0.4) is 0 Å². The second kappa shape index (κ2) is 8.75. The molecule has 0 radical (unpaired) electrons. The molecule has 0 bridgehead atoms. The maximum Gasteiger partial charge on any atom is 0.323 e. The predicted molar refractivity (Wildman–Crippen MR) is 134 cm³/mol. The number of aryl methyl sites for hydroxylation is 2. The van der Waals surface area contributed by atoms with Crippen LogP contribution in [-0.4, -0.2) is 25.4 Å². The van der Waals surface area contributed by atoms with E-state index in [1.807, 2.05) is 55.6 Å². The van der Waals surface area contributed by atoms with Crippen LogP contribution in [0.2, 0.25) is 0 Å². The van der Waals surface area contributed by atoms with Crippen LogP contribution >= 0.6 is 11.3 Å². The molecule has 1 atom stereocenters. The first-order valence-corrected chi connectivity index (χ1v) is 11.8. The lowest BCUT2D eigenvalue weighted by Crippen LogP contribution is -2.29. The maximum absolute atomic E-state index is 13.2. The molecule has 5 rings (SSSR count). The van der Waals surface area contributed by atoms with E-state index in [0.29, 0.717) is 21.3 Å². The molecule has 0 aliphatic carbocycles. The number of hydrogen-bond acceptors (Lipinski definition) is 5. The number of nitrogens with one attached hydrogen (secondary N) is 3. The predicted octanol–water partition coefficient (Wildman–Crippen LogP) is 3.87. The van der Waals surface area contributed by atoms with Gasteiger partial charge in [-0.05, 0) is 37.1 Å². The summed E-state index contributed by atoms with van der Waals surface area (Å²) >= 11 is 1.44. The van der Waals surface area contributed by atoms with Crippen molar-refractivity contribution in [2.45, 2.75) is 32.9 Å². The van der Waals surface area contributed by atoms with Crippen LogP contribution in [-0.2, 0) is 11.3 Å². The van der Waals surface area contributed by atoms with Gasteiger partial charge >= 0.3 is 5.69 Å². The van der Waals surface area contributed by atoms with Gasteiger partial charge in [0, 0.05) is 23.9 Å². The average molecular weight is 474 g/mol. The zero-order valence-corrected chi connectivity index (χ0v) is 19.5. The molecule has 0 fully saturated rings. The van der Waals surface area contributed by atoms with Gasteiger partial charge in [0.1, 0.15) is 4.83 Å². The van der Waals surface area contributed by atoms with Gasteiger partial charge in [0.05, 0.1) is 28.8 Å². The summed E-state index contributed by atoms with van der Waals surface area (Å²) < 4.78 is 1.49. The highest BCUT2D eigenvalue weighted by Gasteiger charge is 2.15. The van der Waals surface area contributed by atoms with Gasteiger partial charge in [-0.25, -0.2) is 9.78 Å². The third-order valence-electron chi connectivity index (χ3n) is 5.92. The van der Waals surface area contributed by atoms with Crippen molar-refractivity contribution in [2.75, 3.05) is 0 Å². The van der Waals surface area contributed by atoms with Gasteiger partial charge in [-0.2, -0.15) is 0 Å². The van der Waals surface area contributed by atoms with E-state index in [1.165, 1.54) is 22.2 Å². The van der Waals surface area contributed by atoms with Crippen LogP contribution in [0.5, 0.6) is 0 Å². The summed E-state index contributed by atoms with van der Waals surface area (Å²) in [5, 5.41) is 5.49. The molecular formula is C25H23N5O3S. The van der Waals surface area contributed by atoms with Crippen molar-refractivity contribution in [1.82, 2.24) is 24.8 Å². The second-order valence-corrected chi connectivity index (χ2v) is 9.22. The Morgan fingerprint density at radius 3 is 2.68 bits per heavy atom. The molecule has 1 unspecified atom stereocenters. The van der Waals surface area contributed by atoms with E-state index >= 15 is 0 Å². The number of nitrogens with zero attached hydrogens (tertiary/aromatic N) is 2. The van der Waals surface area contributed by atoms with Crippen LogP contribution in [0.1, 0.15) is 30.5 Å². The fourth-order valence-corrected chi connectivity index (χ4v) is 4.92. The van der Waals surface area contributed by atoms with E-state index in [4.69, 9.17) is 0 Å². The van der Waals surface area contributed by atoms with Gasteiger partial charge in [0.15, 0.2) is 0 Å². The van der Waals surface area contributed by atoms with Gasteiger partial charge in [-0.3, -0.25) is 14.2 Å². The summed E-state index contributed by atoms with van der Waals surface area (Å²) in [5.74, 6) is -0.175. The Morgan fingerprint density at radius 2 is 1.88 bits per heavy atom. The number of aromatic nitrogens is 4. The summed E-state index contributed by atoms with van der Waals surface area (Å²) in [6, 6.07) is 13.3. The summed E-state index contributed by atoms with van der Waals surface area (Å²) in [5.41, 5.74) is 4.85. The number of rotatable bonds is 6. The quantitative estimate of drug-likeness (QED) is 0.347. The van der Waals surface area contributed by atoms with Gasteiger partial charge in [-0.1, -0.05) is 35.9 Å². The third kappa shape index (κ3) is 4.17. The highest BCUT2D eigenvalue weighted by Crippen LogP contribution is 2.30. The number of fused-ring (bicyclic) bond motifs is 2. The first-order chi connectivity index (χ1) is 16.4. The zero-order valence-electron chi connectivity index (χ0n) is 18.7. The molecule has 0 saturated carbocycles. The molecule has 9 heteroatoms. The summed E-state index contributed by atoms with van der Waals surface area (Å²) in [4.78, 5) is 47.8. The van der Waals surface area contributed by atoms with E-state index in [-0.39, 0.29) is 36.2 Å². The number of benzene rings is 2. The molecule has 0 saturated heterocycles. The van der Waals surface area contributed by atoms with Crippen LogP contribution < -0.4 is 16.6 Å². The van der Waals surface area contributed by atoms with Crippen molar-refractivity contribution in [2.24, 2.45) is 0 Å². The Bertz CT molecular complexity index is 1620. The van der Waals surface area contributed by atoms with E-state index in [2.05, 4.69) is 20.3 Å². The topological polar surface area (TPSA) is 113 Å². The maximum atomic E-state index is 13.2. The van der Waals surface area contributed by atoms with Crippen molar-refractivity contribution < 1.29 is 4.79 Å². The first kappa shape index (κ1) is 21.8. The minimum absolute atomic E-state index is 0.144. The minimum atomic E-state index is -0.268. The Balaban J connectivity index is 1.31. The van der Waals surface area contributed by atoms with Gasteiger partial charge < -0.3 is 15.3 Å². The molecule has 1 amide bonds. The first-order valence-electron chi connectivity index (χ1n) is 10.9. The highest BCUT2D eigenvalue weighted by atomic mass is 32.1. The molecule has 34 heavy (non-hydrogen) atoms. The SMILES string of the molecule is Cc1ccc(-c2csc3ncn(CCC(=O)NC(C)c4ccc5[nH]c(=O)[nH]c5c4)c(=O)c23)cc1. The summed E-state index contributed by atoms with van der Waals surface area (Å²) in [6.45, 7) is 4.13. The van der Waals surface area contributed by atoms with Crippen molar-refractivity contribution in [3.05, 3.63) is 86.1 Å². The van der Waals surface area contributed by atoms with E-state index < -0.39 is 0 Å². The Morgan fingerprint density at radius 1 is 1.12 bits per heavy atom. The monoisotopic (exact) mass is 473 g/mol. The fourth-order valence-electron chi connectivity index (χ4n) is 4.01. The van der Waals surface area contributed by atoms with Crippen molar-refractivity contribution in [1.29, 1.82) is 0 Å². The van der Waals surface area contributed by atoms with Crippen LogP contribution in [0.4, 0.5) is 0 Å². The number of carbonyl (C=O) groups excluding carboxylic acids is 1. The molecule has 172 valence electrons. The van der Waals surface area contributed by atoms with Gasteiger partial charge in [0.25, 0.3) is 5.56 Å². The largest absolute Gasteiger partial charge is 0.350 e. The smallest absolute Gasteiger partial charge is 0.323 e. The highest BCUT2D eigenvalue weighted by molar-refractivity contribution is 7.17. The lowest BCUT2D eigenvalue weighted by molar-refractivity contribution is -0.121. The lowest BCUT2D eigenvalue weighted by atomic mass is 10.1. The summed E-state index contributed by atoms with van der Waals surface area (Å²) in [6.07, 6.45) is 1.65. The van der Waals surface area contributed by atoms with Gasteiger partial charge in [-0.15, -0.1) is 11.3 Å². The molecule has 2 aromatic carbocycles. The van der Waals surface area contributed by atoms with E-state index in [1.54, 1.807) is 6.07 Å². The molecule has 0 aliphatic heterocycles. The van der Waals surface area contributed by atoms with E-state index in [0.717, 1.165) is 22.3 Å². The fraction of sp³-hybridized carbons (Fsp3) is 0.200. The number of hydrogen-bond donors (Lipinski definition) is 3. The third-order valence-corrected chi connectivity index (χ3v) is 6.81. The van der Waals surface area contributed by atoms with Crippen LogP contribution in [0.25, 0.3) is 32.4 Å². The van der Waals surface area contributed by atoms with Crippen molar-refractivity contribution in [3.63, 3.8) is 0 Å². The number of H-pyrrole nitrogens is 2. The number of imidazole rings is 1. The molecule has 5 aromatic rings. The standard InChI is InChI=1S/C25H23N5O3S/c1-14-3-5-16(6-4-14)18-12-34-23-22(18)24(32)30(13-26-23)10-9-21(31)27-15(2)17-7-8-19-20(11-17)29-25(33)28-19/h3-8,11-13,15H,9-10H2,1-2H3,(H,27,31)(H2,28,29,33). The summed E-state index contributed by atoms with van der Waals surface area (Å²) in [7, 11) is 0. The molecule has 3 aromatic heterocycles. The normalized spacial score (nSPS) is 12.3. The van der Waals surface area contributed by atoms with Crippen LogP contribution in [0.15, 0.2) is 63.8 Å². The Labute approximate surface area is 198 Å². The molecule has 3 heterocycles. The lowest BCUT2D eigenvalue weighted by Gasteiger charge is -2.15. The Hall–Kier alpha value is -3.98. The molecule has 0 spiro atoms. The second-order valence-electron chi connectivity index (χ2n) is 8.36. The number of amides is 1. The Kier molecular flexibility index (Phi) is 5.62.